The number of H-pyrrole nitrogens is 1. The molecule has 0 saturated heterocycles. The number of hydrogen-bond acceptors (Lipinski definition) is 2. The maximum atomic E-state index is 10.8. The number of nitrogens with one attached hydrogen (secondary N) is 1. The molecule has 4 heteroatoms. The Morgan fingerprint density at radius 1 is 1.05 bits per heavy atom. The van der Waals surface area contributed by atoms with Gasteiger partial charge in [0.15, 0.2) is 0 Å². The van der Waals surface area contributed by atoms with Gasteiger partial charge in [0.1, 0.15) is 0 Å². The summed E-state index contributed by atoms with van der Waals surface area (Å²) >= 11 is 0. The first kappa shape index (κ1) is 19.3. The number of aromatic carboxylic acids is 1. The summed E-state index contributed by atoms with van der Waals surface area (Å²) in [6.45, 7) is 2.24. The summed E-state index contributed by atoms with van der Waals surface area (Å²) in [5, 5.41) is 11.9. The van der Waals surface area contributed by atoms with E-state index in [1.54, 1.807) is 12.1 Å². The van der Waals surface area contributed by atoms with Gasteiger partial charge in [-0.2, -0.15) is 0 Å². The van der Waals surface area contributed by atoms with E-state index in [4.69, 9.17) is 0 Å². The van der Waals surface area contributed by atoms with Crippen molar-refractivity contribution in [2.24, 2.45) is 0 Å². The largest absolute Gasteiger partial charge is 1.00 e. The molecule has 0 bridgehead atoms. The first-order valence-corrected chi connectivity index (χ1v) is 8.03. The van der Waals surface area contributed by atoms with Gasteiger partial charge in [-0.25, -0.2) is 0 Å². The van der Waals surface area contributed by atoms with Crippen molar-refractivity contribution in [2.45, 2.75) is 58.3 Å². The van der Waals surface area contributed by atoms with E-state index in [-0.39, 0.29) is 35.1 Å². The number of fused-ring (bicyclic) bond motifs is 1. The average Bonchev–Trinajstić information content (AvgIpc) is 2.88. The summed E-state index contributed by atoms with van der Waals surface area (Å²) in [6.07, 6.45) is 10.1. The molecule has 0 amide bonds. The van der Waals surface area contributed by atoms with E-state index in [2.05, 4.69) is 18.0 Å². The molecule has 1 heterocycles. The van der Waals surface area contributed by atoms with Gasteiger partial charge in [0.2, 0.25) is 0 Å². The predicted molar refractivity (Wildman–Crippen MR) is 84.3 cm³/mol. The van der Waals surface area contributed by atoms with Crippen LogP contribution in [0.3, 0.4) is 0 Å². The number of unbranched alkanes of at least 4 members (excludes halogenated alkanes) is 6. The molecule has 0 atom stereocenters. The molecule has 1 aromatic heterocycles. The number of carboxylic acids is 1. The van der Waals surface area contributed by atoms with E-state index >= 15 is 0 Å². The zero-order valence-corrected chi connectivity index (χ0v) is 15.8. The van der Waals surface area contributed by atoms with Crippen LogP contribution >= 0.6 is 0 Å². The van der Waals surface area contributed by atoms with Crippen LogP contribution in [0.15, 0.2) is 24.3 Å². The van der Waals surface area contributed by atoms with E-state index in [1.165, 1.54) is 50.6 Å². The van der Waals surface area contributed by atoms with Crippen LogP contribution in [0.1, 0.15) is 67.9 Å². The first-order valence-electron chi connectivity index (χ1n) is 8.03. The molecular weight excluding hydrogens is 285 g/mol. The Hall–Kier alpha value is -0.770. The Balaban J connectivity index is 0.00000242. The molecule has 114 valence electrons. The zero-order chi connectivity index (χ0) is 15.1. The van der Waals surface area contributed by atoms with Gasteiger partial charge in [-0.3, -0.25) is 0 Å². The van der Waals surface area contributed by atoms with Gasteiger partial charge in [0.25, 0.3) is 0 Å². The molecule has 3 nitrogen and oxygen atoms in total. The van der Waals surface area contributed by atoms with Crippen molar-refractivity contribution in [1.29, 1.82) is 0 Å². The molecule has 0 aliphatic heterocycles. The Bertz CT molecular complexity index is 592. The minimum atomic E-state index is -1.12. The maximum absolute atomic E-state index is 10.8. The fraction of sp³-hybridized carbons (Fsp3) is 0.500. The Morgan fingerprint density at radius 3 is 2.41 bits per heavy atom. The van der Waals surface area contributed by atoms with Crippen LogP contribution in [0.5, 0.6) is 0 Å². The van der Waals surface area contributed by atoms with Crippen molar-refractivity contribution in [3.63, 3.8) is 0 Å². The van der Waals surface area contributed by atoms with Crippen LogP contribution < -0.4 is 34.7 Å². The topological polar surface area (TPSA) is 55.9 Å². The van der Waals surface area contributed by atoms with Crippen molar-refractivity contribution in [3.8, 4) is 0 Å². The third-order valence-electron chi connectivity index (χ3n) is 3.96. The number of aromatic nitrogens is 1. The predicted octanol–water partition coefficient (Wildman–Crippen LogP) is 0.828. The second-order valence-electron chi connectivity index (χ2n) is 5.76. The maximum Gasteiger partial charge on any atom is 1.00 e. The summed E-state index contributed by atoms with van der Waals surface area (Å²) < 4.78 is 0. The molecule has 0 unspecified atom stereocenters. The summed E-state index contributed by atoms with van der Waals surface area (Å²) in [6, 6.07) is 7.21. The van der Waals surface area contributed by atoms with E-state index in [1.807, 2.05) is 6.07 Å². The minimum absolute atomic E-state index is 0. The van der Waals surface area contributed by atoms with Crippen molar-refractivity contribution in [1.82, 2.24) is 4.98 Å². The normalized spacial score (nSPS) is 10.6. The van der Waals surface area contributed by atoms with Gasteiger partial charge in [0, 0.05) is 11.2 Å². The monoisotopic (exact) mass is 309 g/mol. The molecule has 0 aliphatic rings. The molecular formula is C18H24NNaO2. The summed E-state index contributed by atoms with van der Waals surface area (Å²) in [5.41, 5.74) is 2.30. The molecule has 1 aromatic carbocycles. The fourth-order valence-electron chi connectivity index (χ4n) is 2.72. The van der Waals surface area contributed by atoms with Gasteiger partial charge in [-0.1, -0.05) is 57.6 Å². The number of rotatable bonds is 9. The Morgan fingerprint density at radius 2 is 1.73 bits per heavy atom. The van der Waals surface area contributed by atoms with Crippen molar-refractivity contribution in [2.75, 3.05) is 0 Å². The van der Waals surface area contributed by atoms with Crippen LogP contribution in [0.2, 0.25) is 0 Å². The molecule has 1 N–H and O–H groups in total. The molecule has 0 aliphatic carbocycles. The number of carbonyl (C=O) groups excluding carboxylic acids is 1. The second-order valence-corrected chi connectivity index (χ2v) is 5.76. The molecule has 2 rings (SSSR count). The standard InChI is InChI=1S/C18H25NO2.Na/c1-2-3-4-5-6-7-8-9-16-12-14-10-11-15(18(20)21)13-17(14)19-16;/h10-13,19H,2-9H2,1H3,(H,20,21);/q;+1/p-1. The molecule has 22 heavy (non-hydrogen) atoms. The molecule has 0 spiro atoms. The van der Waals surface area contributed by atoms with Crippen LogP contribution in [0, 0.1) is 0 Å². The van der Waals surface area contributed by atoms with Gasteiger partial charge < -0.3 is 14.9 Å². The molecule has 0 saturated carbocycles. The smallest absolute Gasteiger partial charge is 0.545 e. The second kappa shape index (κ2) is 10.1. The van der Waals surface area contributed by atoms with Crippen LogP contribution in [0.25, 0.3) is 10.9 Å². The van der Waals surface area contributed by atoms with Gasteiger partial charge in [-0.05, 0) is 35.9 Å². The van der Waals surface area contributed by atoms with Gasteiger partial charge in [-0.15, -0.1) is 0 Å². The number of carboxylic acid groups (broad SMARTS) is 1. The van der Waals surface area contributed by atoms with Crippen LogP contribution in [0.4, 0.5) is 0 Å². The number of aryl methyl sites for hydroxylation is 1. The van der Waals surface area contributed by atoms with Crippen molar-refractivity contribution < 1.29 is 39.5 Å². The Kier molecular flexibility index (Phi) is 8.84. The van der Waals surface area contributed by atoms with Crippen molar-refractivity contribution >= 4 is 16.9 Å². The van der Waals surface area contributed by atoms with E-state index < -0.39 is 5.97 Å². The van der Waals surface area contributed by atoms with Crippen LogP contribution in [-0.2, 0) is 6.42 Å². The minimum Gasteiger partial charge on any atom is -0.545 e. The van der Waals surface area contributed by atoms with Crippen molar-refractivity contribution in [3.05, 3.63) is 35.5 Å². The number of benzene rings is 1. The third-order valence-corrected chi connectivity index (χ3v) is 3.96. The molecule has 0 radical (unpaired) electrons. The Labute approximate surface area is 154 Å². The summed E-state index contributed by atoms with van der Waals surface area (Å²) in [5.74, 6) is -1.12. The third kappa shape index (κ3) is 5.79. The number of carbonyl (C=O) groups is 1. The molecule has 0 fully saturated rings. The van der Waals surface area contributed by atoms with E-state index in [0.29, 0.717) is 0 Å². The summed E-state index contributed by atoms with van der Waals surface area (Å²) in [7, 11) is 0. The number of aromatic amines is 1. The first-order chi connectivity index (χ1) is 10.2. The van der Waals surface area contributed by atoms with Gasteiger partial charge >= 0.3 is 29.6 Å². The average molecular weight is 309 g/mol. The fourth-order valence-corrected chi connectivity index (χ4v) is 2.72. The molecule has 2 aromatic rings. The van der Waals surface area contributed by atoms with E-state index in [9.17, 15) is 9.90 Å². The van der Waals surface area contributed by atoms with E-state index in [0.717, 1.165) is 17.3 Å². The zero-order valence-electron chi connectivity index (χ0n) is 13.8. The van der Waals surface area contributed by atoms with Gasteiger partial charge in [0.05, 0.1) is 5.97 Å². The quantitative estimate of drug-likeness (QED) is 0.551. The summed E-state index contributed by atoms with van der Waals surface area (Å²) in [4.78, 5) is 14.2. The number of hydrogen-bond donors (Lipinski definition) is 1. The SMILES string of the molecule is CCCCCCCCCc1cc2ccc(C(=O)[O-])cc2[nH]1.[Na+]. The van der Waals surface area contributed by atoms with Crippen LogP contribution in [-0.4, -0.2) is 11.0 Å².